The van der Waals surface area contributed by atoms with Gasteiger partial charge in [0.1, 0.15) is 11.5 Å². The predicted octanol–water partition coefficient (Wildman–Crippen LogP) is 9.22. The molecule has 3 aliphatic rings. The van der Waals surface area contributed by atoms with E-state index in [4.69, 9.17) is 9.47 Å². The van der Waals surface area contributed by atoms with E-state index in [1.165, 1.54) is 6.07 Å². The van der Waals surface area contributed by atoms with Crippen molar-refractivity contribution in [3.8, 4) is 11.5 Å². The average molecular weight is 781 g/mol. The molecule has 8 nitrogen and oxygen atoms in total. The molecule has 0 aliphatic heterocycles. The molecular formula is C47H54F2N2O6. The van der Waals surface area contributed by atoms with Crippen LogP contribution >= 0.6 is 0 Å². The monoisotopic (exact) mass is 780 g/mol. The molecule has 5 unspecified atom stereocenters. The van der Waals surface area contributed by atoms with E-state index in [0.29, 0.717) is 67.6 Å². The Bertz CT molecular complexity index is 2110. The second-order valence-corrected chi connectivity index (χ2v) is 16.0. The molecule has 10 heteroatoms. The van der Waals surface area contributed by atoms with Gasteiger partial charge in [0.25, 0.3) is 0 Å². The zero-order chi connectivity index (χ0) is 40.9. The summed E-state index contributed by atoms with van der Waals surface area (Å²) in [5.41, 5.74) is 2.26. The van der Waals surface area contributed by atoms with Gasteiger partial charge in [0.15, 0.2) is 17.4 Å². The Kier molecular flexibility index (Phi) is 12.8. The lowest BCUT2D eigenvalue weighted by Gasteiger charge is -2.46. The number of methoxy groups -OCH3 is 2. The lowest BCUT2D eigenvalue weighted by Crippen LogP contribution is -2.55. The van der Waals surface area contributed by atoms with E-state index in [1.54, 1.807) is 31.3 Å². The van der Waals surface area contributed by atoms with Gasteiger partial charge < -0.3 is 29.9 Å². The summed E-state index contributed by atoms with van der Waals surface area (Å²) >= 11 is 0. The lowest BCUT2D eigenvalue weighted by atomic mass is 9.64. The number of aliphatic hydroxyl groups excluding tert-OH is 1. The van der Waals surface area contributed by atoms with E-state index in [2.05, 4.69) is 11.4 Å². The van der Waals surface area contributed by atoms with Crippen LogP contribution in [0.4, 0.5) is 13.6 Å². The van der Waals surface area contributed by atoms with Crippen molar-refractivity contribution in [3.63, 3.8) is 0 Å². The molecule has 0 aromatic heterocycles. The van der Waals surface area contributed by atoms with Crippen LogP contribution in [0.25, 0.3) is 0 Å². The largest absolute Gasteiger partial charge is 0.497 e. The Balaban J connectivity index is 1.43. The number of amides is 2. The molecule has 0 spiro atoms. The predicted molar refractivity (Wildman–Crippen MR) is 217 cm³/mol. The minimum Gasteiger partial charge on any atom is -0.497 e. The fraction of sp³-hybridized carbons (Fsp3) is 0.404. The van der Waals surface area contributed by atoms with Crippen LogP contribution in [0.1, 0.15) is 109 Å². The maximum absolute atomic E-state index is 14.5. The van der Waals surface area contributed by atoms with Crippen LogP contribution in [-0.2, 0) is 13.0 Å². The molecule has 2 amide bonds. The Morgan fingerprint density at radius 3 is 2.44 bits per heavy atom. The van der Waals surface area contributed by atoms with Gasteiger partial charge >= 0.3 is 6.03 Å². The highest BCUT2D eigenvalue weighted by atomic mass is 19.2. The standard InChI is InChI=1S/C47H54F2N2O6/c1-30-10-9-22-46(3)40(38-19-14-32(24-36(52)17-13-30)25-39(38)44(53)34-16-20-41(48)42(49)26-34)21-23-47(46,55)29-51(28-35-15-18-37(56-4)27-43(35)57-5)45(54)50-31(2)33-11-7-6-8-12-33/h6-8,10-12,14-16,18-20,25-27,31,36,40,52,55H,9,13,17,21-24,28-29H2,1-5H3,(H,50,54). The van der Waals surface area contributed by atoms with Crippen LogP contribution in [0.3, 0.4) is 0 Å². The summed E-state index contributed by atoms with van der Waals surface area (Å²) in [5, 5.41) is 27.3. The number of allylic oxidation sites excluding steroid dienone is 2. The topological polar surface area (TPSA) is 108 Å². The van der Waals surface area contributed by atoms with Crippen molar-refractivity contribution in [1.29, 1.82) is 0 Å². The van der Waals surface area contributed by atoms with Crippen LogP contribution in [0, 0.1) is 17.0 Å². The molecule has 1 saturated carbocycles. The number of ketones is 1. The van der Waals surface area contributed by atoms with Crippen molar-refractivity contribution in [2.24, 2.45) is 5.41 Å². The summed E-state index contributed by atoms with van der Waals surface area (Å²) in [4.78, 5) is 30.4. The van der Waals surface area contributed by atoms with Gasteiger partial charge in [0.2, 0.25) is 0 Å². The highest BCUT2D eigenvalue weighted by molar-refractivity contribution is 6.10. The first-order chi connectivity index (χ1) is 27.2. The van der Waals surface area contributed by atoms with Crippen LogP contribution in [-0.4, -0.2) is 59.4 Å². The number of fused-ring (bicyclic) bond motifs is 8. The minimum absolute atomic E-state index is 0.00584. The third-order valence-corrected chi connectivity index (χ3v) is 12.3. The number of hydrogen-bond donors (Lipinski definition) is 3. The molecule has 4 aromatic rings. The number of aliphatic hydroxyl groups is 2. The normalized spacial score (nSPS) is 22.8. The number of hydrogen-bond acceptors (Lipinski definition) is 6. The van der Waals surface area contributed by atoms with E-state index in [0.717, 1.165) is 34.4 Å². The zero-order valence-corrected chi connectivity index (χ0v) is 33.5. The van der Waals surface area contributed by atoms with Gasteiger partial charge in [-0.1, -0.05) is 61.0 Å². The summed E-state index contributed by atoms with van der Waals surface area (Å²) < 4.78 is 39.7. The number of halogens is 2. The number of urea groups is 1. The van der Waals surface area contributed by atoms with Crippen molar-refractivity contribution < 1.29 is 38.1 Å². The van der Waals surface area contributed by atoms with E-state index in [9.17, 15) is 28.6 Å². The van der Waals surface area contributed by atoms with Gasteiger partial charge in [-0.25, -0.2) is 13.6 Å². The third-order valence-electron chi connectivity index (χ3n) is 12.3. The summed E-state index contributed by atoms with van der Waals surface area (Å²) in [5.74, 6) is -1.85. The number of rotatable bonds is 10. The van der Waals surface area contributed by atoms with Crippen LogP contribution in [0.2, 0.25) is 0 Å². The number of ether oxygens (including phenoxy) is 2. The molecule has 5 atom stereocenters. The molecule has 2 bridgehead atoms. The molecule has 3 N–H and O–H groups in total. The smallest absolute Gasteiger partial charge is 0.318 e. The molecule has 4 aromatic carbocycles. The van der Waals surface area contributed by atoms with Crippen molar-refractivity contribution in [2.75, 3.05) is 20.8 Å². The number of nitrogens with zero attached hydrogens (tertiary/aromatic N) is 1. The van der Waals surface area contributed by atoms with Crippen LogP contribution in [0.5, 0.6) is 11.5 Å². The first kappa shape index (κ1) is 41.6. The van der Waals surface area contributed by atoms with E-state index in [-0.39, 0.29) is 36.6 Å². The van der Waals surface area contributed by atoms with Gasteiger partial charge in [-0.3, -0.25) is 4.79 Å². The van der Waals surface area contributed by atoms with E-state index >= 15 is 0 Å². The molecule has 7 rings (SSSR count). The minimum atomic E-state index is -1.43. The number of nitrogens with one attached hydrogen (secondary N) is 1. The maximum Gasteiger partial charge on any atom is 0.318 e. The summed E-state index contributed by atoms with van der Waals surface area (Å²) in [6, 6.07) is 23.1. The lowest BCUT2D eigenvalue weighted by molar-refractivity contribution is -0.0781. The molecule has 302 valence electrons. The second kappa shape index (κ2) is 17.6. The van der Waals surface area contributed by atoms with Crippen molar-refractivity contribution in [3.05, 3.63) is 142 Å². The fourth-order valence-electron chi connectivity index (χ4n) is 8.79. The van der Waals surface area contributed by atoms with E-state index < -0.39 is 34.5 Å². The first-order valence-electron chi connectivity index (χ1n) is 19.7. The highest BCUT2D eigenvalue weighted by Crippen LogP contribution is 2.59. The SMILES string of the molecule is COc1ccc(CN(CC2(O)CCC3c4ccc(cc4C(=O)c4ccc(F)c(F)c4)CC(O)CCC(C)=CCCC32C)C(=O)NC(C)c2ccccc2)c(OC)c1. The second-order valence-electron chi connectivity index (χ2n) is 16.0. The number of carbonyl (C=O) groups excluding carboxylic acids is 2. The van der Waals surface area contributed by atoms with Gasteiger partial charge in [-0.15, -0.1) is 0 Å². The molecule has 1 fully saturated rings. The maximum atomic E-state index is 14.5. The molecule has 3 aliphatic carbocycles. The molecule has 0 heterocycles. The third kappa shape index (κ3) is 9.08. The Morgan fingerprint density at radius 1 is 0.947 bits per heavy atom. The van der Waals surface area contributed by atoms with Crippen LogP contribution in [0.15, 0.2) is 96.6 Å². The molecule has 0 radical (unpaired) electrons. The van der Waals surface area contributed by atoms with Gasteiger partial charge in [-0.05, 0) is 118 Å². The molecular weight excluding hydrogens is 727 g/mol. The summed E-state index contributed by atoms with van der Waals surface area (Å²) in [7, 11) is 3.13. The van der Waals surface area contributed by atoms with Crippen molar-refractivity contribution in [1.82, 2.24) is 10.2 Å². The van der Waals surface area contributed by atoms with Gasteiger partial charge in [0, 0.05) is 28.2 Å². The highest BCUT2D eigenvalue weighted by Gasteiger charge is 2.57. The first-order valence-corrected chi connectivity index (χ1v) is 19.7. The average Bonchev–Trinajstić information content (AvgIpc) is 3.46. The molecule has 0 saturated heterocycles. The van der Waals surface area contributed by atoms with Gasteiger partial charge in [0.05, 0.1) is 45.1 Å². The Hall–Kier alpha value is -5.06. The van der Waals surface area contributed by atoms with Crippen molar-refractivity contribution >= 4 is 11.8 Å². The van der Waals surface area contributed by atoms with Gasteiger partial charge in [-0.2, -0.15) is 0 Å². The molecule has 57 heavy (non-hydrogen) atoms. The Labute approximate surface area is 334 Å². The summed E-state index contributed by atoms with van der Waals surface area (Å²) in [6.07, 6.45) is 5.01. The Morgan fingerprint density at radius 2 is 1.72 bits per heavy atom. The zero-order valence-electron chi connectivity index (χ0n) is 33.5. The van der Waals surface area contributed by atoms with Crippen LogP contribution < -0.4 is 14.8 Å². The van der Waals surface area contributed by atoms with Crippen molar-refractivity contribution in [2.45, 2.75) is 95.9 Å². The number of benzene rings is 4. The quantitative estimate of drug-likeness (QED) is 0.109. The van der Waals surface area contributed by atoms with E-state index in [1.807, 2.05) is 75.4 Å². The number of carbonyl (C=O) groups is 2. The summed E-state index contributed by atoms with van der Waals surface area (Å²) in [6.45, 7) is 6.11. The fourth-order valence-corrected chi connectivity index (χ4v) is 8.79.